The summed E-state index contributed by atoms with van der Waals surface area (Å²) in [7, 11) is 0. The lowest BCUT2D eigenvalue weighted by atomic mass is 10.1. The number of carbonyl (C=O) groups excluding carboxylic acids is 1. The van der Waals surface area contributed by atoms with Crippen molar-refractivity contribution in [3.05, 3.63) is 29.4 Å². The maximum atomic E-state index is 12.4. The van der Waals surface area contributed by atoms with Gasteiger partial charge in [-0.15, -0.1) is 10.2 Å². The molecule has 8 nitrogen and oxygen atoms in total. The number of fused-ring (bicyclic) bond motifs is 1. The predicted molar refractivity (Wildman–Crippen MR) is 104 cm³/mol. The summed E-state index contributed by atoms with van der Waals surface area (Å²) < 4.78 is 5.40. The number of aryl methyl sites for hydroxylation is 1. The van der Waals surface area contributed by atoms with E-state index in [1.807, 2.05) is 25.1 Å². The molecule has 1 unspecified atom stereocenters. The van der Waals surface area contributed by atoms with Crippen LogP contribution in [0.5, 0.6) is 0 Å². The van der Waals surface area contributed by atoms with Crippen LogP contribution in [0.1, 0.15) is 11.9 Å². The zero-order valence-electron chi connectivity index (χ0n) is 15.2. The fourth-order valence-corrected chi connectivity index (χ4v) is 3.66. The maximum absolute atomic E-state index is 12.4. The van der Waals surface area contributed by atoms with Crippen molar-refractivity contribution in [3.8, 4) is 10.6 Å². The van der Waals surface area contributed by atoms with Crippen molar-refractivity contribution in [3.63, 3.8) is 0 Å². The Morgan fingerprint density at radius 1 is 1.41 bits per heavy atom. The lowest BCUT2D eigenvalue weighted by Crippen LogP contribution is -2.47. The molecule has 0 spiro atoms. The molecule has 1 N–H and O–H groups in total. The minimum Gasteiger partial charge on any atom is -0.379 e. The van der Waals surface area contributed by atoms with Gasteiger partial charge in [-0.2, -0.15) is 0 Å². The molecule has 1 atom stereocenters. The Morgan fingerprint density at radius 2 is 2.30 bits per heavy atom. The van der Waals surface area contributed by atoms with Crippen molar-refractivity contribution < 1.29 is 9.53 Å². The van der Waals surface area contributed by atoms with Crippen LogP contribution < -0.4 is 5.32 Å². The summed E-state index contributed by atoms with van der Waals surface area (Å²) in [6.45, 7) is 6.32. The van der Waals surface area contributed by atoms with E-state index in [0.717, 1.165) is 33.0 Å². The largest absolute Gasteiger partial charge is 0.379 e. The highest BCUT2D eigenvalue weighted by molar-refractivity contribution is 7.14. The van der Waals surface area contributed by atoms with Crippen molar-refractivity contribution in [2.75, 3.05) is 31.6 Å². The molecule has 9 heteroatoms. The molecule has 1 saturated heterocycles. The van der Waals surface area contributed by atoms with Gasteiger partial charge in [-0.3, -0.25) is 15.0 Å². The lowest BCUT2D eigenvalue weighted by molar-refractivity contribution is -0.119. The van der Waals surface area contributed by atoms with Crippen molar-refractivity contribution in [2.45, 2.75) is 19.9 Å². The van der Waals surface area contributed by atoms with Crippen LogP contribution in [0, 0.1) is 6.92 Å². The highest BCUT2D eigenvalue weighted by atomic mass is 32.1. The fourth-order valence-electron chi connectivity index (χ4n) is 2.97. The number of carbonyl (C=O) groups is 1. The van der Waals surface area contributed by atoms with Crippen LogP contribution in [0.15, 0.2) is 24.4 Å². The highest BCUT2D eigenvalue weighted by Gasteiger charge is 2.21. The molecule has 1 fully saturated rings. The van der Waals surface area contributed by atoms with Gasteiger partial charge in [0.2, 0.25) is 11.9 Å². The first kappa shape index (κ1) is 17.9. The van der Waals surface area contributed by atoms with E-state index in [2.05, 4.69) is 37.3 Å². The number of benzene rings is 1. The monoisotopic (exact) mass is 384 g/mol. The normalized spacial score (nSPS) is 17.9. The summed E-state index contributed by atoms with van der Waals surface area (Å²) in [4.78, 5) is 23.2. The second kappa shape index (κ2) is 7.63. The van der Waals surface area contributed by atoms with Crippen LogP contribution in [0.2, 0.25) is 0 Å². The molecule has 1 aliphatic rings. The Bertz CT molecular complexity index is 975. The van der Waals surface area contributed by atoms with E-state index in [9.17, 15) is 4.79 Å². The molecule has 1 amide bonds. The number of hydrogen-bond acceptors (Lipinski definition) is 8. The van der Waals surface area contributed by atoms with Crippen LogP contribution in [0.25, 0.3) is 21.5 Å². The first-order valence-electron chi connectivity index (χ1n) is 8.77. The Labute approximate surface area is 160 Å². The molecule has 27 heavy (non-hydrogen) atoms. The first-order chi connectivity index (χ1) is 13.1. The average Bonchev–Trinajstić information content (AvgIpc) is 3.09. The van der Waals surface area contributed by atoms with Gasteiger partial charge < -0.3 is 4.74 Å². The van der Waals surface area contributed by atoms with E-state index in [1.165, 1.54) is 11.3 Å². The van der Waals surface area contributed by atoms with E-state index >= 15 is 0 Å². The number of hydrogen-bond donors (Lipinski definition) is 1. The summed E-state index contributed by atoms with van der Waals surface area (Å²) in [5.74, 6) is 0.179. The van der Waals surface area contributed by atoms with Gasteiger partial charge in [0.05, 0.1) is 25.3 Å². The van der Waals surface area contributed by atoms with E-state index in [-0.39, 0.29) is 11.9 Å². The number of ether oxygens (including phenoxy) is 1. The third-order valence-electron chi connectivity index (χ3n) is 4.46. The maximum Gasteiger partial charge on any atom is 0.240 e. The molecule has 1 aromatic carbocycles. The number of aromatic nitrogens is 4. The first-order valence-corrected chi connectivity index (χ1v) is 9.59. The number of nitrogens with one attached hydrogen (secondary N) is 1. The van der Waals surface area contributed by atoms with Gasteiger partial charge in [0.25, 0.3) is 0 Å². The number of morpholine rings is 1. The molecule has 0 saturated carbocycles. The van der Waals surface area contributed by atoms with Crippen LogP contribution in [-0.2, 0) is 9.53 Å². The number of amides is 1. The quantitative estimate of drug-likeness (QED) is 0.736. The zero-order chi connectivity index (χ0) is 18.8. The van der Waals surface area contributed by atoms with Crippen molar-refractivity contribution in [1.82, 2.24) is 25.1 Å². The SMILES string of the molecule is Cc1nnc(-c2ccc3cnc(NC(=O)CN4CCOCC4C)nc3c2)s1. The van der Waals surface area contributed by atoms with Crippen LogP contribution in [0.4, 0.5) is 5.95 Å². The molecular formula is C18H20N6O2S. The van der Waals surface area contributed by atoms with Crippen LogP contribution in [0.3, 0.4) is 0 Å². The summed E-state index contributed by atoms with van der Waals surface area (Å²) in [5, 5.41) is 13.7. The summed E-state index contributed by atoms with van der Waals surface area (Å²) in [5.41, 5.74) is 1.71. The lowest BCUT2D eigenvalue weighted by Gasteiger charge is -2.32. The molecular weight excluding hydrogens is 364 g/mol. The molecule has 0 radical (unpaired) electrons. The second-order valence-electron chi connectivity index (χ2n) is 6.54. The Kier molecular flexibility index (Phi) is 5.06. The third kappa shape index (κ3) is 4.10. The van der Waals surface area contributed by atoms with Gasteiger partial charge in [0, 0.05) is 29.7 Å². The summed E-state index contributed by atoms with van der Waals surface area (Å²) in [6.07, 6.45) is 1.71. The van der Waals surface area contributed by atoms with Crippen LogP contribution in [-0.4, -0.2) is 63.3 Å². The molecule has 1 aliphatic heterocycles. The standard InChI is InChI=1S/C18H20N6O2S/c1-11-10-26-6-5-24(11)9-16(25)21-18-19-8-14-4-3-13(7-15(14)20-18)17-23-22-12(2)27-17/h3-4,7-8,11H,5-6,9-10H2,1-2H3,(H,19,20,21,25). The van der Waals surface area contributed by atoms with Gasteiger partial charge in [-0.25, -0.2) is 9.97 Å². The highest BCUT2D eigenvalue weighted by Crippen LogP contribution is 2.26. The van der Waals surface area contributed by atoms with Crippen molar-refractivity contribution in [1.29, 1.82) is 0 Å². The topological polar surface area (TPSA) is 93.1 Å². The molecule has 3 heterocycles. The van der Waals surface area contributed by atoms with Gasteiger partial charge in [0.1, 0.15) is 10.0 Å². The fraction of sp³-hybridized carbons (Fsp3) is 0.389. The summed E-state index contributed by atoms with van der Waals surface area (Å²) in [6, 6.07) is 6.09. The molecule has 0 bridgehead atoms. The molecule has 4 rings (SSSR count). The Balaban J connectivity index is 1.51. The molecule has 140 valence electrons. The molecule has 0 aliphatic carbocycles. The minimum atomic E-state index is -0.126. The summed E-state index contributed by atoms with van der Waals surface area (Å²) >= 11 is 1.53. The van der Waals surface area contributed by atoms with Gasteiger partial charge in [0.15, 0.2) is 0 Å². The van der Waals surface area contributed by atoms with Crippen molar-refractivity contribution >= 4 is 34.1 Å². The van der Waals surface area contributed by atoms with Gasteiger partial charge in [-0.05, 0) is 19.9 Å². The van der Waals surface area contributed by atoms with Crippen molar-refractivity contribution in [2.24, 2.45) is 0 Å². The van der Waals surface area contributed by atoms with E-state index in [0.29, 0.717) is 25.7 Å². The minimum absolute atomic E-state index is 0.126. The third-order valence-corrected chi connectivity index (χ3v) is 5.35. The number of rotatable bonds is 4. The average molecular weight is 384 g/mol. The Morgan fingerprint density at radius 3 is 3.07 bits per heavy atom. The predicted octanol–water partition coefficient (Wildman–Crippen LogP) is 2.12. The van der Waals surface area contributed by atoms with Crippen LogP contribution >= 0.6 is 11.3 Å². The Hall–Kier alpha value is -2.49. The van der Waals surface area contributed by atoms with Gasteiger partial charge in [-0.1, -0.05) is 23.5 Å². The van der Waals surface area contributed by atoms with E-state index in [4.69, 9.17) is 4.74 Å². The van der Waals surface area contributed by atoms with Gasteiger partial charge >= 0.3 is 0 Å². The van der Waals surface area contributed by atoms with E-state index in [1.54, 1.807) is 6.20 Å². The number of anilines is 1. The molecule has 2 aromatic heterocycles. The number of nitrogens with zero attached hydrogens (tertiary/aromatic N) is 5. The second-order valence-corrected chi connectivity index (χ2v) is 7.72. The zero-order valence-corrected chi connectivity index (χ0v) is 16.0. The molecule has 3 aromatic rings. The van der Waals surface area contributed by atoms with E-state index < -0.39 is 0 Å². The smallest absolute Gasteiger partial charge is 0.240 e.